The minimum absolute atomic E-state index is 0.0493. The first-order valence-corrected chi connectivity index (χ1v) is 6.32. The van der Waals surface area contributed by atoms with E-state index in [1.165, 1.54) is 7.11 Å². The molecule has 0 saturated heterocycles. The van der Waals surface area contributed by atoms with E-state index in [1.807, 2.05) is 13.8 Å². The Kier molecular flexibility index (Phi) is 9.22. The lowest BCUT2D eigenvalue weighted by molar-refractivity contribution is -0.124. The average Bonchev–Trinajstić information content (AvgIpc) is 2.35. The topological polar surface area (TPSA) is 93.5 Å². The summed E-state index contributed by atoms with van der Waals surface area (Å²) in [6.45, 7) is 4.59. The Balaban J connectivity index is 3.70. The van der Waals surface area contributed by atoms with Crippen LogP contribution in [0.25, 0.3) is 0 Å². The lowest BCUT2D eigenvalue weighted by atomic mass is 10.2. The van der Waals surface area contributed by atoms with Gasteiger partial charge in [-0.05, 0) is 13.3 Å². The average molecular weight is 259 g/mol. The molecule has 106 valence electrons. The first kappa shape index (κ1) is 16.9. The predicted octanol–water partition coefficient (Wildman–Crippen LogP) is -0.229. The van der Waals surface area contributed by atoms with Gasteiger partial charge in [-0.25, -0.2) is 0 Å². The summed E-state index contributed by atoms with van der Waals surface area (Å²) < 4.78 is 5.00. The number of nitrogens with one attached hydrogen (secondary N) is 2. The van der Waals surface area contributed by atoms with Gasteiger partial charge in [-0.15, -0.1) is 0 Å². The number of hydrogen-bond donors (Lipinski definition) is 3. The van der Waals surface area contributed by atoms with Gasteiger partial charge in [0.1, 0.15) is 0 Å². The summed E-state index contributed by atoms with van der Waals surface area (Å²) in [5.74, 6) is -0.199. The lowest BCUT2D eigenvalue weighted by Crippen LogP contribution is -2.36. The van der Waals surface area contributed by atoms with Crippen LogP contribution in [0.15, 0.2) is 0 Å². The molecule has 0 rings (SSSR count). The second-order valence-corrected chi connectivity index (χ2v) is 4.27. The van der Waals surface area contributed by atoms with Crippen LogP contribution in [0.4, 0.5) is 0 Å². The van der Waals surface area contributed by atoms with Crippen molar-refractivity contribution >= 4 is 11.8 Å². The molecule has 0 bridgehead atoms. The maximum absolute atomic E-state index is 11.5. The fourth-order valence-corrected chi connectivity index (χ4v) is 1.31. The first-order chi connectivity index (χ1) is 8.53. The summed E-state index contributed by atoms with van der Waals surface area (Å²) in [4.78, 5) is 22.9. The van der Waals surface area contributed by atoms with Crippen molar-refractivity contribution in [2.24, 2.45) is 5.73 Å². The second-order valence-electron chi connectivity index (χ2n) is 4.27. The fourth-order valence-electron chi connectivity index (χ4n) is 1.31. The molecule has 0 saturated carbocycles. The normalized spacial score (nSPS) is 13.8. The molecule has 18 heavy (non-hydrogen) atoms. The maximum Gasteiger partial charge on any atom is 0.222 e. The van der Waals surface area contributed by atoms with Crippen molar-refractivity contribution in [1.29, 1.82) is 0 Å². The summed E-state index contributed by atoms with van der Waals surface area (Å²) in [6, 6.07) is 0.170. The molecule has 0 fully saturated rings. The SMILES string of the molecule is CCC(C)NC(=O)CCNC(=O)CC(CN)OC. The minimum Gasteiger partial charge on any atom is -0.380 e. The van der Waals surface area contributed by atoms with Gasteiger partial charge in [-0.2, -0.15) is 0 Å². The molecule has 0 aromatic heterocycles. The number of carbonyl (C=O) groups excluding carboxylic acids is 2. The third-order valence-corrected chi connectivity index (χ3v) is 2.70. The van der Waals surface area contributed by atoms with E-state index in [9.17, 15) is 9.59 Å². The van der Waals surface area contributed by atoms with Crippen LogP contribution in [0, 0.1) is 0 Å². The van der Waals surface area contributed by atoms with E-state index in [0.29, 0.717) is 13.1 Å². The molecule has 0 aliphatic rings. The molecule has 0 radical (unpaired) electrons. The van der Waals surface area contributed by atoms with Gasteiger partial charge in [-0.1, -0.05) is 6.92 Å². The zero-order valence-corrected chi connectivity index (χ0v) is 11.5. The molecule has 0 aliphatic heterocycles. The highest BCUT2D eigenvalue weighted by molar-refractivity contribution is 5.79. The van der Waals surface area contributed by atoms with Crippen molar-refractivity contribution in [3.8, 4) is 0 Å². The second kappa shape index (κ2) is 9.85. The van der Waals surface area contributed by atoms with Gasteiger partial charge in [-0.3, -0.25) is 9.59 Å². The Morgan fingerprint density at radius 2 is 2.00 bits per heavy atom. The van der Waals surface area contributed by atoms with Gasteiger partial charge in [0.05, 0.1) is 12.5 Å². The predicted molar refractivity (Wildman–Crippen MR) is 70.0 cm³/mol. The van der Waals surface area contributed by atoms with Crippen LogP contribution in [-0.2, 0) is 14.3 Å². The Morgan fingerprint density at radius 1 is 1.33 bits per heavy atom. The van der Waals surface area contributed by atoms with E-state index < -0.39 is 0 Å². The van der Waals surface area contributed by atoms with Crippen LogP contribution < -0.4 is 16.4 Å². The summed E-state index contributed by atoms with van der Waals surface area (Å²) in [7, 11) is 1.52. The van der Waals surface area contributed by atoms with Gasteiger partial charge in [0.2, 0.25) is 11.8 Å². The van der Waals surface area contributed by atoms with Gasteiger partial charge in [0.15, 0.2) is 0 Å². The highest BCUT2D eigenvalue weighted by atomic mass is 16.5. The third kappa shape index (κ3) is 8.03. The number of nitrogens with two attached hydrogens (primary N) is 1. The van der Waals surface area contributed by atoms with Crippen LogP contribution in [0.1, 0.15) is 33.1 Å². The van der Waals surface area contributed by atoms with Crippen LogP contribution >= 0.6 is 0 Å². The largest absolute Gasteiger partial charge is 0.380 e. The molecular weight excluding hydrogens is 234 g/mol. The highest BCUT2D eigenvalue weighted by Gasteiger charge is 2.11. The molecule has 2 atom stereocenters. The minimum atomic E-state index is -0.265. The van der Waals surface area contributed by atoms with Crippen molar-refractivity contribution in [2.45, 2.75) is 45.3 Å². The summed E-state index contributed by atoms with van der Waals surface area (Å²) in [5, 5.41) is 5.50. The van der Waals surface area contributed by atoms with Crippen LogP contribution in [0.5, 0.6) is 0 Å². The van der Waals surface area contributed by atoms with Crippen molar-refractivity contribution < 1.29 is 14.3 Å². The summed E-state index contributed by atoms with van der Waals surface area (Å²) >= 11 is 0. The van der Waals surface area contributed by atoms with E-state index in [0.717, 1.165) is 6.42 Å². The van der Waals surface area contributed by atoms with E-state index in [1.54, 1.807) is 0 Å². The van der Waals surface area contributed by atoms with Crippen molar-refractivity contribution in [3.05, 3.63) is 0 Å². The van der Waals surface area contributed by atoms with E-state index in [-0.39, 0.29) is 36.8 Å². The molecule has 0 heterocycles. The molecule has 0 aromatic carbocycles. The Bertz CT molecular complexity index is 255. The standard InChI is InChI=1S/C12H25N3O3/c1-4-9(2)15-11(16)5-6-14-12(17)7-10(8-13)18-3/h9-10H,4-8,13H2,1-3H3,(H,14,17)(H,15,16). The van der Waals surface area contributed by atoms with Crippen molar-refractivity contribution in [3.63, 3.8) is 0 Å². The first-order valence-electron chi connectivity index (χ1n) is 6.32. The van der Waals surface area contributed by atoms with Crippen molar-refractivity contribution in [1.82, 2.24) is 10.6 Å². The lowest BCUT2D eigenvalue weighted by Gasteiger charge is -2.13. The zero-order chi connectivity index (χ0) is 14.0. The van der Waals surface area contributed by atoms with Crippen molar-refractivity contribution in [2.75, 3.05) is 20.2 Å². The Hall–Kier alpha value is -1.14. The van der Waals surface area contributed by atoms with Gasteiger partial charge >= 0.3 is 0 Å². The molecule has 6 nitrogen and oxygen atoms in total. The van der Waals surface area contributed by atoms with Crippen LogP contribution in [0.3, 0.4) is 0 Å². The van der Waals surface area contributed by atoms with Gasteiger partial charge in [0.25, 0.3) is 0 Å². The quantitative estimate of drug-likeness (QED) is 0.533. The molecule has 2 amide bonds. The molecule has 0 aliphatic carbocycles. The molecule has 6 heteroatoms. The van der Waals surface area contributed by atoms with Gasteiger partial charge < -0.3 is 21.1 Å². The Morgan fingerprint density at radius 3 is 2.50 bits per heavy atom. The van der Waals surface area contributed by atoms with Crippen LogP contribution in [0.2, 0.25) is 0 Å². The molecule has 2 unspecified atom stereocenters. The maximum atomic E-state index is 11.5. The molecule has 0 aromatic rings. The number of hydrogen-bond acceptors (Lipinski definition) is 4. The number of carbonyl (C=O) groups is 2. The number of ether oxygens (including phenoxy) is 1. The van der Waals surface area contributed by atoms with Crippen LogP contribution in [-0.4, -0.2) is 44.2 Å². The monoisotopic (exact) mass is 259 g/mol. The van der Waals surface area contributed by atoms with E-state index in [4.69, 9.17) is 10.5 Å². The number of rotatable bonds is 9. The van der Waals surface area contributed by atoms with E-state index >= 15 is 0 Å². The zero-order valence-electron chi connectivity index (χ0n) is 11.5. The fraction of sp³-hybridized carbons (Fsp3) is 0.833. The van der Waals surface area contributed by atoms with E-state index in [2.05, 4.69) is 10.6 Å². The van der Waals surface area contributed by atoms with Gasteiger partial charge in [0, 0.05) is 32.7 Å². The smallest absolute Gasteiger partial charge is 0.222 e. The summed E-state index contributed by atoms with van der Waals surface area (Å²) in [5.41, 5.74) is 5.41. The molecular formula is C12H25N3O3. The third-order valence-electron chi connectivity index (χ3n) is 2.70. The number of methoxy groups -OCH3 is 1. The molecule has 0 spiro atoms. The highest BCUT2D eigenvalue weighted by Crippen LogP contribution is 1.94. The molecule has 4 N–H and O–H groups in total. The number of amides is 2. The summed E-state index contributed by atoms with van der Waals surface area (Å²) in [6.07, 6.45) is 1.14. The Labute approximate surface area is 109 Å².